The van der Waals surface area contributed by atoms with Crippen LogP contribution < -0.4 is 5.32 Å². The second-order valence-corrected chi connectivity index (χ2v) is 3.21. The number of nitrogens with one attached hydrogen (secondary N) is 1. The third-order valence-corrected chi connectivity index (χ3v) is 2.72. The Morgan fingerprint density at radius 2 is 2.40 bits per heavy atom. The van der Waals surface area contributed by atoms with Crippen molar-refractivity contribution in [2.75, 3.05) is 6.54 Å². The molecule has 0 aromatic rings. The van der Waals surface area contributed by atoms with Crippen molar-refractivity contribution in [1.82, 2.24) is 5.32 Å². The molecule has 2 heteroatoms. The maximum Gasteiger partial charge on any atom is 0.226 e. The van der Waals surface area contributed by atoms with Gasteiger partial charge in [-0.3, -0.25) is 4.79 Å². The predicted octanol–water partition coefficient (Wildman–Crippen LogP) is 0.699. The van der Waals surface area contributed by atoms with Gasteiger partial charge in [-0.2, -0.15) is 0 Å². The Morgan fingerprint density at radius 3 is 2.80 bits per heavy atom. The summed E-state index contributed by atoms with van der Waals surface area (Å²) in [6.45, 7) is 4.53. The minimum atomic E-state index is 0.00174. The molecule has 2 aliphatic rings. The van der Waals surface area contributed by atoms with Crippen LogP contribution in [0.2, 0.25) is 0 Å². The van der Waals surface area contributed by atoms with Gasteiger partial charge < -0.3 is 5.32 Å². The molecule has 0 radical (unpaired) electrons. The largest absolute Gasteiger partial charge is 0.355 e. The van der Waals surface area contributed by atoms with Gasteiger partial charge >= 0.3 is 0 Å². The van der Waals surface area contributed by atoms with E-state index >= 15 is 0 Å². The summed E-state index contributed by atoms with van der Waals surface area (Å²) in [5, 5.41) is 2.86. The molecule has 0 bridgehead atoms. The molecule has 1 aliphatic carbocycles. The van der Waals surface area contributed by atoms with Crippen LogP contribution in [0.5, 0.6) is 0 Å². The minimum Gasteiger partial charge on any atom is -0.355 e. The molecule has 1 saturated carbocycles. The van der Waals surface area contributed by atoms with Crippen LogP contribution in [0.4, 0.5) is 0 Å². The lowest BCUT2D eigenvalue weighted by Crippen LogP contribution is -2.20. The van der Waals surface area contributed by atoms with E-state index in [-0.39, 0.29) is 11.3 Å². The normalized spacial score (nSPS) is 34.0. The second-order valence-electron chi connectivity index (χ2n) is 3.21. The van der Waals surface area contributed by atoms with Crippen LogP contribution >= 0.6 is 0 Å². The molecule has 1 aliphatic heterocycles. The van der Waals surface area contributed by atoms with E-state index in [1.54, 1.807) is 0 Å². The molecule has 1 saturated heterocycles. The van der Waals surface area contributed by atoms with Crippen LogP contribution in [0, 0.1) is 11.3 Å². The first-order chi connectivity index (χ1) is 4.79. The Morgan fingerprint density at radius 1 is 1.70 bits per heavy atom. The summed E-state index contributed by atoms with van der Waals surface area (Å²) in [5.41, 5.74) is 0.00174. The van der Waals surface area contributed by atoms with Gasteiger partial charge in [-0.25, -0.2) is 0 Å². The molecular weight excluding hydrogens is 126 g/mol. The number of hydrogen-bond acceptors (Lipinski definition) is 1. The van der Waals surface area contributed by atoms with Gasteiger partial charge in [-0.1, -0.05) is 6.08 Å². The molecular formula is C8H11NO. The summed E-state index contributed by atoms with van der Waals surface area (Å²) < 4.78 is 0. The molecule has 1 N–H and O–H groups in total. The van der Waals surface area contributed by atoms with E-state index in [2.05, 4.69) is 11.9 Å². The van der Waals surface area contributed by atoms with Gasteiger partial charge in [0, 0.05) is 12.5 Å². The van der Waals surface area contributed by atoms with Crippen LogP contribution in [0.1, 0.15) is 12.8 Å². The molecule has 0 aromatic heterocycles. The molecule has 2 fully saturated rings. The Labute approximate surface area is 60.3 Å². The molecule has 54 valence electrons. The fourth-order valence-corrected chi connectivity index (χ4v) is 1.78. The molecule has 0 aromatic carbocycles. The van der Waals surface area contributed by atoms with E-state index in [0.717, 1.165) is 19.4 Å². The highest BCUT2D eigenvalue weighted by atomic mass is 16.2. The highest BCUT2D eigenvalue weighted by molar-refractivity contribution is 5.88. The molecule has 2 rings (SSSR count). The standard InChI is InChI=1S/C8H11NO/c1-2-6-5-9-7(10)8(6)3-4-8/h2,6H,1,3-5H2,(H,9,10). The third-order valence-electron chi connectivity index (χ3n) is 2.72. The van der Waals surface area contributed by atoms with E-state index in [1.807, 2.05) is 6.08 Å². The molecule has 1 unspecified atom stereocenters. The number of hydrogen-bond donors (Lipinski definition) is 1. The van der Waals surface area contributed by atoms with E-state index in [9.17, 15) is 4.79 Å². The lowest BCUT2D eigenvalue weighted by Gasteiger charge is -2.07. The van der Waals surface area contributed by atoms with Gasteiger partial charge in [-0.15, -0.1) is 6.58 Å². The Hall–Kier alpha value is -0.790. The van der Waals surface area contributed by atoms with Gasteiger partial charge in [0.05, 0.1) is 5.41 Å². The minimum absolute atomic E-state index is 0.00174. The molecule has 2 nitrogen and oxygen atoms in total. The quantitative estimate of drug-likeness (QED) is 0.529. The van der Waals surface area contributed by atoms with Crippen molar-refractivity contribution in [3.63, 3.8) is 0 Å². The molecule has 1 spiro atoms. The monoisotopic (exact) mass is 137 g/mol. The van der Waals surface area contributed by atoms with Crippen molar-refractivity contribution in [1.29, 1.82) is 0 Å². The lowest BCUT2D eigenvalue weighted by molar-refractivity contribution is -0.123. The zero-order valence-electron chi connectivity index (χ0n) is 5.89. The third kappa shape index (κ3) is 0.516. The Balaban J connectivity index is 2.26. The van der Waals surface area contributed by atoms with Crippen LogP contribution in [0.25, 0.3) is 0 Å². The smallest absolute Gasteiger partial charge is 0.226 e. The van der Waals surface area contributed by atoms with Gasteiger partial charge in [0.1, 0.15) is 0 Å². The Kier molecular flexibility index (Phi) is 0.967. The highest BCUT2D eigenvalue weighted by Gasteiger charge is 2.57. The number of carbonyl (C=O) groups is 1. The first-order valence-electron chi connectivity index (χ1n) is 3.70. The van der Waals surface area contributed by atoms with Crippen molar-refractivity contribution in [3.05, 3.63) is 12.7 Å². The van der Waals surface area contributed by atoms with Gasteiger partial charge in [0.2, 0.25) is 5.91 Å². The SMILES string of the molecule is C=CC1CNC(=O)C12CC2. The van der Waals surface area contributed by atoms with Crippen LogP contribution in [0.3, 0.4) is 0 Å². The summed E-state index contributed by atoms with van der Waals surface area (Å²) in [5.74, 6) is 0.650. The van der Waals surface area contributed by atoms with Crippen molar-refractivity contribution in [3.8, 4) is 0 Å². The highest BCUT2D eigenvalue weighted by Crippen LogP contribution is 2.54. The number of rotatable bonds is 1. The fourth-order valence-electron chi connectivity index (χ4n) is 1.78. The molecule has 1 amide bonds. The zero-order valence-corrected chi connectivity index (χ0v) is 5.89. The van der Waals surface area contributed by atoms with E-state index in [4.69, 9.17) is 0 Å². The van der Waals surface area contributed by atoms with Gasteiger partial charge in [-0.05, 0) is 12.8 Å². The summed E-state index contributed by atoms with van der Waals surface area (Å²) in [4.78, 5) is 11.2. The molecule has 10 heavy (non-hydrogen) atoms. The molecule has 1 atom stereocenters. The van der Waals surface area contributed by atoms with Gasteiger partial charge in [0.15, 0.2) is 0 Å². The van der Waals surface area contributed by atoms with Crippen molar-refractivity contribution in [2.24, 2.45) is 11.3 Å². The topological polar surface area (TPSA) is 29.1 Å². The van der Waals surface area contributed by atoms with Crippen LogP contribution in [0.15, 0.2) is 12.7 Å². The van der Waals surface area contributed by atoms with Crippen molar-refractivity contribution in [2.45, 2.75) is 12.8 Å². The predicted molar refractivity (Wildman–Crippen MR) is 38.4 cm³/mol. The maximum atomic E-state index is 11.2. The summed E-state index contributed by atoms with van der Waals surface area (Å²) >= 11 is 0. The summed E-state index contributed by atoms with van der Waals surface area (Å²) in [6.07, 6.45) is 4.04. The summed E-state index contributed by atoms with van der Waals surface area (Å²) in [6, 6.07) is 0. The second kappa shape index (κ2) is 1.62. The van der Waals surface area contributed by atoms with Gasteiger partial charge in [0.25, 0.3) is 0 Å². The average Bonchev–Trinajstić information content (AvgIpc) is 2.63. The number of amides is 1. The van der Waals surface area contributed by atoms with Crippen molar-refractivity contribution < 1.29 is 4.79 Å². The summed E-state index contributed by atoms with van der Waals surface area (Å²) in [7, 11) is 0. The first kappa shape index (κ1) is 5.96. The van der Waals surface area contributed by atoms with E-state index in [0.29, 0.717) is 5.92 Å². The first-order valence-corrected chi connectivity index (χ1v) is 3.70. The number of carbonyl (C=O) groups excluding carboxylic acids is 1. The molecule has 1 heterocycles. The van der Waals surface area contributed by atoms with Crippen LogP contribution in [-0.4, -0.2) is 12.5 Å². The van der Waals surface area contributed by atoms with Crippen molar-refractivity contribution >= 4 is 5.91 Å². The van der Waals surface area contributed by atoms with E-state index in [1.165, 1.54) is 0 Å². The average molecular weight is 137 g/mol. The Bertz CT molecular complexity index is 193. The maximum absolute atomic E-state index is 11.2. The van der Waals surface area contributed by atoms with E-state index < -0.39 is 0 Å². The lowest BCUT2D eigenvalue weighted by atomic mass is 9.93. The zero-order chi connectivity index (χ0) is 7.19. The van der Waals surface area contributed by atoms with Crippen LogP contribution in [-0.2, 0) is 4.79 Å². The fraction of sp³-hybridized carbons (Fsp3) is 0.625.